The van der Waals surface area contributed by atoms with Crippen molar-refractivity contribution in [2.24, 2.45) is 11.3 Å². The van der Waals surface area contributed by atoms with Gasteiger partial charge in [-0.1, -0.05) is 74.5 Å². The molecule has 174 valence electrons. The van der Waals surface area contributed by atoms with Gasteiger partial charge in [0.25, 0.3) is 0 Å². The Kier molecular flexibility index (Phi) is 5.17. The van der Waals surface area contributed by atoms with Gasteiger partial charge in [0.05, 0.1) is 11.0 Å². The number of rotatable bonds is 2. The van der Waals surface area contributed by atoms with Gasteiger partial charge in [0.15, 0.2) is 0 Å². The minimum absolute atomic E-state index is 0.0286. The Hall–Kier alpha value is -4.34. The molecule has 1 atom stereocenters. The van der Waals surface area contributed by atoms with E-state index in [1.807, 2.05) is 0 Å². The lowest BCUT2D eigenvalue weighted by atomic mass is 9.62. The van der Waals surface area contributed by atoms with Gasteiger partial charge in [-0.2, -0.15) is 10.5 Å². The highest BCUT2D eigenvalue weighted by atomic mass is 15.0. The lowest BCUT2D eigenvalue weighted by Gasteiger charge is -2.42. The highest BCUT2D eigenvalue weighted by Crippen LogP contribution is 2.50. The molecule has 4 aromatic rings. The van der Waals surface area contributed by atoms with Gasteiger partial charge >= 0.3 is 0 Å². The van der Waals surface area contributed by atoms with E-state index in [0.717, 1.165) is 30.5 Å². The highest BCUT2D eigenvalue weighted by molar-refractivity contribution is 6.09. The molecular weight excluding hydrogens is 438 g/mol. The van der Waals surface area contributed by atoms with E-state index >= 15 is 0 Å². The number of hydrogen-bond acceptors (Lipinski definition) is 2. The van der Waals surface area contributed by atoms with Crippen molar-refractivity contribution in [1.82, 2.24) is 4.57 Å². The monoisotopic (exact) mass is 465 g/mol. The lowest BCUT2D eigenvalue weighted by Crippen LogP contribution is -2.31. The van der Waals surface area contributed by atoms with Crippen LogP contribution in [0.4, 0.5) is 0 Å². The Labute approximate surface area is 211 Å². The first kappa shape index (κ1) is 22.1. The average Bonchev–Trinajstić information content (AvgIpc) is 3.23. The quantitative estimate of drug-likeness (QED) is 0.280. The van der Waals surface area contributed by atoms with Crippen molar-refractivity contribution < 1.29 is 0 Å². The number of nitriles is 2. The maximum absolute atomic E-state index is 9.43. The number of hydrogen-bond donors (Lipinski definition) is 0. The first-order valence-corrected chi connectivity index (χ1v) is 12.5. The maximum Gasteiger partial charge on any atom is 0.132 e. The topological polar surface area (TPSA) is 52.5 Å². The average molecular weight is 466 g/mol. The largest absolute Gasteiger partial charge is 0.309 e. The number of allylic oxidation sites excluding steroid dienone is 6. The molecule has 1 unspecified atom stereocenters. The molecular formula is C33H27N3. The van der Waals surface area contributed by atoms with E-state index in [1.54, 1.807) is 0 Å². The smallest absolute Gasteiger partial charge is 0.132 e. The van der Waals surface area contributed by atoms with Crippen LogP contribution < -0.4 is 0 Å². The van der Waals surface area contributed by atoms with Crippen LogP contribution in [0.25, 0.3) is 33.1 Å². The van der Waals surface area contributed by atoms with Crippen LogP contribution in [0, 0.1) is 34.0 Å². The third-order valence-corrected chi connectivity index (χ3v) is 8.00. The molecule has 2 aliphatic carbocycles. The van der Waals surface area contributed by atoms with Crippen LogP contribution in [0.5, 0.6) is 0 Å². The first-order chi connectivity index (χ1) is 17.5. The molecule has 1 heterocycles. The fourth-order valence-corrected chi connectivity index (χ4v) is 6.27. The number of aromatic nitrogens is 1. The van der Waals surface area contributed by atoms with Crippen molar-refractivity contribution in [2.75, 3.05) is 0 Å². The van der Waals surface area contributed by atoms with Crippen molar-refractivity contribution in [3.05, 3.63) is 107 Å². The summed E-state index contributed by atoms with van der Waals surface area (Å²) in [6.07, 6.45) is 7.29. The maximum atomic E-state index is 9.43. The first-order valence-electron chi connectivity index (χ1n) is 12.5. The molecule has 0 aliphatic heterocycles. The van der Waals surface area contributed by atoms with Crippen LogP contribution >= 0.6 is 0 Å². The fraction of sp³-hybridized carbons (Fsp3) is 0.212. The van der Waals surface area contributed by atoms with Gasteiger partial charge in [-0.15, -0.1) is 0 Å². The summed E-state index contributed by atoms with van der Waals surface area (Å²) >= 11 is 0. The Morgan fingerprint density at radius 1 is 0.833 bits per heavy atom. The normalized spacial score (nSPS) is 18.7. The van der Waals surface area contributed by atoms with E-state index in [-0.39, 0.29) is 11.0 Å². The molecule has 3 aromatic carbocycles. The SMILES string of the molecule is CC1(C)CC(=C(C#N)C#N)C=C2C=C(c3ccc(-n4c5ccccc5c5ccccc54)cc3)CCC21. The van der Waals surface area contributed by atoms with Crippen molar-refractivity contribution >= 4 is 27.4 Å². The third-order valence-electron chi connectivity index (χ3n) is 8.00. The summed E-state index contributed by atoms with van der Waals surface area (Å²) in [5, 5.41) is 21.4. The van der Waals surface area contributed by atoms with E-state index in [4.69, 9.17) is 0 Å². The highest BCUT2D eigenvalue weighted by Gasteiger charge is 2.38. The second kappa shape index (κ2) is 8.40. The van der Waals surface area contributed by atoms with Crippen molar-refractivity contribution in [3.8, 4) is 17.8 Å². The number of para-hydroxylation sites is 2. The Bertz CT molecular complexity index is 1620. The molecule has 0 saturated carbocycles. The van der Waals surface area contributed by atoms with Crippen LogP contribution in [0.15, 0.2) is 102 Å². The van der Waals surface area contributed by atoms with Crippen LogP contribution in [0.3, 0.4) is 0 Å². The van der Waals surface area contributed by atoms with Gasteiger partial charge < -0.3 is 4.57 Å². The molecule has 1 aromatic heterocycles. The molecule has 0 saturated heterocycles. The predicted octanol–water partition coefficient (Wildman–Crippen LogP) is 8.28. The second-order valence-electron chi connectivity index (χ2n) is 10.6. The Morgan fingerprint density at radius 3 is 2.06 bits per heavy atom. The molecule has 0 fully saturated rings. The van der Waals surface area contributed by atoms with Crippen molar-refractivity contribution in [2.45, 2.75) is 33.1 Å². The van der Waals surface area contributed by atoms with Gasteiger partial charge in [0, 0.05) is 16.5 Å². The van der Waals surface area contributed by atoms with Gasteiger partial charge in [0.1, 0.15) is 17.7 Å². The minimum atomic E-state index is 0.0286. The molecule has 6 rings (SSSR count). The molecule has 0 N–H and O–H groups in total. The standard InChI is InChI=1S/C33H27N3/c1-33(2)19-25(26(20-34)21-35)18-24-17-23(13-16-30(24)33)22-11-14-27(15-12-22)36-31-9-5-3-7-28(31)29-8-4-6-10-32(29)36/h3-12,14-15,17-18,30H,13,16,19H2,1-2H3. The van der Waals surface area contributed by atoms with Gasteiger partial charge in [-0.3, -0.25) is 0 Å². The van der Waals surface area contributed by atoms with E-state index in [9.17, 15) is 10.5 Å². The molecule has 36 heavy (non-hydrogen) atoms. The number of benzene rings is 3. The van der Waals surface area contributed by atoms with E-state index in [0.29, 0.717) is 5.92 Å². The lowest BCUT2D eigenvalue weighted by molar-refractivity contribution is 0.227. The fourth-order valence-electron chi connectivity index (χ4n) is 6.27. The molecule has 0 spiro atoms. The summed E-state index contributed by atoms with van der Waals surface area (Å²) in [6, 6.07) is 30.2. The van der Waals surface area contributed by atoms with Crippen LogP contribution in [0.1, 0.15) is 38.7 Å². The Morgan fingerprint density at radius 2 is 1.44 bits per heavy atom. The summed E-state index contributed by atoms with van der Waals surface area (Å²) in [6.45, 7) is 4.52. The van der Waals surface area contributed by atoms with E-state index in [2.05, 4.69) is 116 Å². The number of fused-ring (bicyclic) bond motifs is 4. The van der Waals surface area contributed by atoms with Crippen LogP contribution in [-0.2, 0) is 0 Å². The Balaban J connectivity index is 1.41. The third kappa shape index (κ3) is 3.48. The van der Waals surface area contributed by atoms with Gasteiger partial charge in [-0.05, 0) is 77.1 Å². The van der Waals surface area contributed by atoms with Gasteiger partial charge in [0.2, 0.25) is 0 Å². The molecule has 0 radical (unpaired) electrons. The summed E-state index contributed by atoms with van der Waals surface area (Å²) in [7, 11) is 0. The molecule has 3 nitrogen and oxygen atoms in total. The summed E-state index contributed by atoms with van der Waals surface area (Å²) in [4.78, 5) is 0. The molecule has 0 bridgehead atoms. The predicted molar refractivity (Wildman–Crippen MR) is 146 cm³/mol. The zero-order chi connectivity index (χ0) is 24.9. The van der Waals surface area contributed by atoms with Gasteiger partial charge in [-0.25, -0.2) is 0 Å². The van der Waals surface area contributed by atoms with E-state index < -0.39 is 0 Å². The molecule has 2 aliphatic rings. The summed E-state index contributed by atoms with van der Waals surface area (Å²) in [5.74, 6) is 0.445. The molecule has 0 amide bonds. The zero-order valence-electron chi connectivity index (χ0n) is 20.6. The summed E-state index contributed by atoms with van der Waals surface area (Å²) < 4.78 is 2.34. The number of nitrogens with zero attached hydrogens (tertiary/aromatic N) is 3. The zero-order valence-corrected chi connectivity index (χ0v) is 20.6. The summed E-state index contributed by atoms with van der Waals surface area (Å²) in [5.41, 5.74) is 8.52. The van der Waals surface area contributed by atoms with Crippen LogP contribution in [0.2, 0.25) is 0 Å². The van der Waals surface area contributed by atoms with Crippen molar-refractivity contribution in [3.63, 3.8) is 0 Å². The van der Waals surface area contributed by atoms with Crippen LogP contribution in [-0.4, -0.2) is 4.57 Å². The minimum Gasteiger partial charge on any atom is -0.309 e. The second-order valence-corrected chi connectivity index (χ2v) is 10.6. The van der Waals surface area contributed by atoms with E-state index in [1.165, 1.54) is 38.5 Å². The van der Waals surface area contributed by atoms with Crippen molar-refractivity contribution in [1.29, 1.82) is 10.5 Å². The molecule has 3 heteroatoms.